The van der Waals surface area contributed by atoms with E-state index in [0.29, 0.717) is 34.6 Å². The summed E-state index contributed by atoms with van der Waals surface area (Å²) in [5, 5.41) is 4.27. The van der Waals surface area contributed by atoms with E-state index in [2.05, 4.69) is 10.1 Å². The number of aldehydes is 1. The SMILES string of the molecule is Cc1nc2ccc(-c3ccccc3C(F)F)nn2c1C=O. The molecule has 0 aliphatic carbocycles. The van der Waals surface area contributed by atoms with Gasteiger partial charge in [-0.15, -0.1) is 0 Å². The molecule has 0 fully saturated rings. The van der Waals surface area contributed by atoms with Gasteiger partial charge < -0.3 is 0 Å². The number of alkyl halides is 2. The largest absolute Gasteiger partial charge is 0.296 e. The molecule has 0 atom stereocenters. The number of aromatic nitrogens is 3. The molecule has 0 radical (unpaired) electrons. The maximum absolute atomic E-state index is 13.1. The Morgan fingerprint density at radius 1 is 1.19 bits per heavy atom. The number of aryl methyl sites for hydroxylation is 1. The summed E-state index contributed by atoms with van der Waals surface area (Å²) in [6.07, 6.45) is -1.93. The van der Waals surface area contributed by atoms with Gasteiger partial charge in [0.25, 0.3) is 6.43 Å². The molecule has 2 aromatic heterocycles. The Hall–Kier alpha value is -2.63. The van der Waals surface area contributed by atoms with Crippen molar-refractivity contribution in [3.05, 3.63) is 53.3 Å². The summed E-state index contributed by atoms with van der Waals surface area (Å²) in [5.41, 5.74) is 2.01. The van der Waals surface area contributed by atoms with E-state index in [1.807, 2.05) is 0 Å². The number of fused-ring (bicyclic) bond motifs is 1. The van der Waals surface area contributed by atoms with Crippen LogP contribution in [0.5, 0.6) is 0 Å². The number of halogens is 2. The zero-order valence-electron chi connectivity index (χ0n) is 11.1. The van der Waals surface area contributed by atoms with Crippen molar-refractivity contribution in [2.45, 2.75) is 13.3 Å². The van der Waals surface area contributed by atoms with Gasteiger partial charge in [-0.1, -0.05) is 24.3 Å². The second-order valence-electron chi connectivity index (χ2n) is 4.58. The Morgan fingerprint density at radius 3 is 2.67 bits per heavy atom. The summed E-state index contributed by atoms with van der Waals surface area (Å²) in [7, 11) is 0. The molecule has 106 valence electrons. The Morgan fingerprint density at radius 2 is 1.95 bits per heavy atom. The molecule has 0 spiro atoms. The summed E-state index contributed by atoms with van der Waals surface area (Å²) in [6, 6.07) is 9.46. The summed E-state index contributed by atoms with van der Waals surface area (Å²) >= 11 is 0. The van der Waals surface area contributed by atoms with Crippen LogP contribution in [-0.4, -0.2) is 20.9 Å². The average molecular weight is 287 g/mol. The van der Waals surface area contributed by atoms with Gasteiger partial charge in [-0.05, 0) is 19.1 Å². The maximum Gasteiger partial charge on any atom is 0.264 e. The van der Waals surface area contributed by atoms with Crippen LogP contribution in [-0.2, 0) is 0 Å². The number of carbonyl (C=O) groups is 1. The molecule has 1 aromatic carbocycles. The summed E-state index contributed by atoms with van der Waals surface area (Å²) in [6.45, 7) is 1.70. The molecule has 21 heavy (non-hydrogen) atoms. The molecule has 0 bridgehead atoms. The zero-order chi connectivity index (χ0) is 15.0. The zero-order valence-corrected chi connectivity index (χ0v) is 11.1. The van der Waals surface area contributed by atoms with Crippen LogP contribution in [0.15, 0.2) is 36.4 Å². The fraction of sp³-hybridized carbons (Fsp3) is 0.133. The minimum absolute atomic E-state index is 0.0890. The van der Waals surface area contributed by atoms with Gasteiger partial charge >= 0.3 is 0 Å². The molecule has 0 unspecified atom stereocenters. The first-order valence-corrected chi connectivity index (χ1v) is 6.31. The molecule has 6 heteroatoms. The molecule has 4 nitrogen and oxygen atoms in total. The fourth-order valence-corrected chi connectivity index (χ4v) is 2.26. The second kappa shape index (κ2) is 5.05. The van der Waals surface area contributed by atoms with E-state index < -0.39 is 6.43 Å². The van der Waals surface area contributed by atoms with Crippen LogP contribution in [0.4, 0.5) is 8.78 Å². The van der Waals surface area contributed by atoms with E-state index in [4.69, 9.17) is 0 Å². The predicted octanol–water partition coefficient (Wildman–Crippen LogP) is 3.45. The highest BCUT2D eigenvalue weighted by atomic mass is 19.3. The Bertz CT molecular complexity index is 827. The molecule has 0 aliphatic heterocycles. The summed E-state index contributed by atoms with van der Waals surface area (Å²) in [5.74, 6) is 0. The van der Waals surface area contributed by atoms with E-state index in [9.17, 15) is 13.6 Å². The van der Waals surface area contributed by atoms with Crippen molar-refractivity contribution in [1.29, 1.82) is 0 Å². The molecular formula is C15H11F2N3O. The van der Waals surface area contributed by atoms with Gasteiger partial charge in [0, 0.05) is 11.1 Å². The first-order valence-electron chi connectivity index (χ1n) is 6.31. The molecule has 0 saturated carbocycles. The summed E-state index contributed by atoms with van der Waals surface area (Å²) in [4.78, 5) is 15.3. The molecule has 0 aliphatic rings. The van der Waals surface area contributed by atoms with Crippen LogP contribution in [0.25, 0.3) is 16.9 Å². The molecule has 2 heterocycles. The first-order chi connectivity index (χ1) is 10.1. The first kappa shape index (κ1) is 13.4. The minimum atomic E-state index is -2.59. The summed E-state index contributed by atoms with van der Waals surface area (Å²) < 4.78 is 27.5. The minimum Gasteiger partial charge on any atom is -0.296 e. The van der Waals surface area contributed by atoms with Gasteiger partial charge in [-0.2, -0.15) is 5.10 Å². The van der Waals surface area contributed by atoms with Gasteiger partial charge in [-0.3, -0.25) is 4.79 Å². The highest BCUT2D eigenvalue weighted by molar-refractivity contribution is 5.76. The van der Waals surface area contributed by atoms with Crippen LogP contribution in [0.3, 0.4) is 0 Å². The van der Waals surface area contributed by atoms with Gasteiger partial charge in [0.2, 0.25) is 0 Å². The fourth-order valence-electron chi connectivity index (χ4n) is 2.26. The normalized spacial score (nSPS) is 11.2. The topological polar surface area (TPSA) is 47.3 Å². The van der Waals surface area contributed by atoms with E-state index >= 15 is 0 Å². The van der Waals surface area contributed by atoms with Crippen molar-refractivity contribution in [1.82, 2.24) is 14.6 Å². The lowest BCUT2D eigenvalue weighted by Gasteiger charge is -2.08. The highest BCUT2D eigenvalue weighted by Crippen LogP contribution is 2.29. The number of nitrogens with zero attached hydrogens (tertiary/aromatic N) is 3. The van der Waals surface area contributed by atoms with Gasteiger partial charge in [0.1, 0.15) is 5.69 Å². The van der Waals surface area contributed by atoms with Crippen LogP contribution in [0.2, 0.25) is 0 Å². The van der Waals surface area contributed by atoms with Crippen molar-refractivity contribution in [2.24, 2.45) is 0 Å². The molecule has 3 rings (SSSR count). The molecule has 3 aromatic rings. The Balaban J connectivity index is 2.24. The lowest BCUT2D eigenvalue weighted by Crippen LogP contribution is -2.00. The third-order valence-corrected chi connectivity index (χ3v) is 3.28. The molecule has 0 saturated heterocycles. The van der Waals surface area contributed by atoms with Gasteiger partial charge in [0.05, 0.1) is 11.4 Å². The van der Waals surface area contributed by atoms with Crippen LogP contribution < -0.4 is 0 Å². The third kappa shape index (κ3) is 2.18. The molecule has 0 N–H and O–H groups in total. The second-order valence-corrected chi connectivity index (χ2v) is 4.58. The molecular weight excluding hydrogens is 276 g/mol. The van der Waals surface area contributed by atoms with Gasteiger partial charge in [0.15, 0.2) is 11.9 Å². The monoisotopic (exact) mass is 287 g/mol. The van der Waals surface area contributed by atoms with Crippen molar-refractivity contribution in [3.8, 4) is 11.3 Å². The number of rotatable bonds is 3. The smallest absolute Gasteiger partial charge is 0.264 e. The van der Waals surface area contributed by atoms with E-state index in [-0.39, 0.29) is 5.56 Å². The van der Waals surface area contributed by atoms with Crippen molar-refractivity contribution < 1.29 is 13.6 Å². The van der Waals surface area contributed by atoms with Gasteiger partial charge in [-0.25, -0.2) is 18.3 Å². The standard InChI is InChI=1S/C15H11F2N3O/c1-9-13(8-21)20-14(18-9)7-6-12(19-20)10-4-2-3-5-11(10)15(16)17/h2-8,15H,1H3. The number of hydrogen-bond acceptors (Lipinski definition) is 3. The average Bonchev–Trinajstić information content (AvgIpc) is 2.81. The molecule has 0 amide bonds. The number of imidazole rings is 1. The van der Waals surface area contributed by atoms with Crippen molar-refractivity contribution in [3.63, 3.8) is 0 Å². The van der Waals surface area contributed by atoms with E-state index in [0.717, 1.165) is 0 Å². The lowest BCUT2D eigenvalue weighted by molar-refractivity contribution is 0.111. The quantitative estimate of drug-likeness (QED) is 0.693. The number of hydrogen-bond donors (Lipinski definition) is 0. The maximum atomic E-state index is 13.1. The predicted molar refractivity (Wildman–Crippen MR) is 73.5 cm³/mol. The van der Waals surface area contributed by atoms with Crippen LogP contribution in [0, 0.1) is 6.92 Å². The number of carbonyl (C=O) groups excluding carboxylic acids is 1. The highest BCUT2D eigenvalue weighted by Gasteiger charge is 2.16. The lowest BCUT2D eigenvalue weighted by atomic mass is 10.0. The Kier molecular flexibility index (Phi) is 3.21. The van der Waals surface area contributed by atoms with Crippen LogP contribution in [0.1, 0.15) is 28.2 Å². The van der Waals surface area contributed by atoms with E-state index in [1.54, 1.807) is 37.3 Å². The Labute approximate surface area is 119 Å². The van der Waals surface area contributed by atoms with Crippen LogP contribution >= 0.6 is 0 Å². The third-order valence-electron chi connectivity index (χ3n) is 3.28. The van der Waals surface area contributed by atoms with Crippen molar-refractivity contribution in [2.75, 3.05) is 0 Å². The number of benzene rings is 1. The van der Waals surface area contributed by atoms with Crippen molar-refractivity contribution >= 4 is 11.9 Å². The van der Waals surface area contributed by atoms with E-state index in [1.165, 1.54) is 10.6 Å².